The number of carbonyl (C=O) groups excluding carboxylic acids is 5. The van der Waals surface area contributed by atoms with Gasteiger partial charge in [0.25, 0.3) is 5.91 Å². The Morgan fingerprint density at radius 2 is 1.84 bits per heavy atom. The van der Waals surface area contributed by atoms with Gasteiger partial charge in [0, 0.05) is 23.4 Å². The van der Waals surface area contributed by atoms with E-state index in [9.17, 15) is 24.0 Å². The minimum Gasteiger partial charge on any atom is -0.364 e. The zero-order valence-electron chi connectivity index (χ0n) is 21.8. The number of benzene rings is 1. The standard InChI is InChI=1S/C27H37N5O5/c1-15(2)11-20(26(36)30-19(14-33)12-18-9-10-29-25(18)35)31-27(37)23(16(3)4)32-21-8-6-5-7-17(21)13-22(32)24(28)34/h5-8,13-16,18-20,23H,9-12H2,1-4H3,(H2,28,34)(H,29,35)(H,30,36)(H,31,37)/t18-,19-,20-,23-/m0/s1. The van der Waals surface area contributed by atoms with E-state index in [2.05, 4.69) is 16.0 Å². The average molecular weight is 512 g/mol. The van der Waals surface area contributed by atoms with E-state index < -0.39 is 35.8 Å². The summed E-state index contributed by atoms with van der Waals surface area (Å²) in [6.07, 6.45) is 1.77. The predicted octanol–water partition coefficient (Wildman–Crippen LogP) is 1.68. The molecule has 5 N–H and O–H groups in total. The number of rotatable bonds is 12. The molecule has 4 amide bonds. The quantitative estimate of drug-likeness (QED) is 0.320. The number of nitrogens with one attached hydrogen (secondary N) is 3. The van der Waals surface area contributed by atoms with Crippen LogP contribution in [0, 0.1) is 17.8 Å². The second kappa shape index (κ2) is 12.0. The lowest BCUT2D eigenvalue weighted by atomic mass is 9.97. The summed E-state index contributed by atoms with van der Waals surface area (Å²) in [5, 5.41) is 9.07. The summed E-state index contributed by atoms with van der Waals surface area (Å²) in [4.78, 5) is 62.8. The lowest BCUT2D eigenvalue weighted by Gasteiger charge is -2.28. The number of amides is 4. The van der Waals surface area contributed by atoms with Crippen LogP contribution in [0.4, 0.5) is 0 Å². The van der Waals surface area contributed by atoms with Gasteiger partial charge in [-0.05, 0) is 43.2 Å². The number of nitrogens with two attached hydrogens (primary N) is 1. The lowest BCUT2D eigenvalue weighted by molar-refractivity contribution is -0.132. The maximum Gasteiger partial charge on any atom is 0.265 e. The molecule has 1 aliphatic rings. The average Bonchev–Trinajstić information content (AvgIpc) is 3.41. The lowest BCUT2D eigenvalue weighted by Crippen LogP contribution is -2.52. The van der Waals surface area contributed by atoms with Crippen LogP contribution in [0.1, 0.15) is 63.5 Å². The first-order chi connectivity index (χ1) is 17.5. The van der Waals surface area contributed by atoms with Gasteiger partial charge in [0.05, 0.1) is 6.04 Å². The Morgan fingerprint density at radius 3 is 2.41 bits per heavy atom. The van der Waals surface area contributed by atoms with E-state index >= 15 is 0 Å². The highest BCUT2D eigenvalue weighted by Gasteiger charge is 2.34. The number of nitrogens with zero attached hydrogens (tertiary/aromatic N) is 1. The summed E-state index contributed by atoms with van der Waals surface area (Å²) in [6, 6.07) is 6.40. The molecule has 10 heteroatoms. The minimum atomic E-state index is -0.910. The monoisotopic (exact) mass is 511 g/mol. The first kappa shape index (κ1) is 27.9. The molecule has 1 aliphatic heterocycles. The zero-order chi connectivity index (χ0) is 27.3. The van der Waals surface area contributed by atoms with Gasteiger partial charge in [-0.2, -0.15) is 0 Å². The van der Waals surface area contributed by atoms with Gasteiger partial charge in [-0.1, -0.05) is 45.9 Å². The Balaban J connectivity index is 1.85. The molecule has 0 radical (unpaired) electrons. The maximum atomic E-state index is 13.7. The van der Waals surface area contributed by atoms with Crippen molar-refractivity contribution in [3.8, 4) is 0 Å². The third-order valence-corrected chi connectivity index (χ3v) is 6.71. The van der Waals surface area contributed by atoms with Crippen LogP contribution in [-0.2, 0) is 19.2 Å². The maximum absolute atomic E-state index is 13.7. The molecule has 3 rings (SSSR count). The molecule has 4 atom stereocenters. The van der Waals surface area contributed by atoms with Gasteiger partial charge in [-0.25, -0.2) is 0 Å². The number of hydrogen-bond acceptors (Lipinski definition) is 5. The molecule has 1 fully saturated rings. The molecule has 37 heavy (non-hydrogen) atoms. The summed E-state index contributed by atoms with van der Waals surface area (Å²) in [5.74, 6) is -2.22. The number of aromatic nitrogens is 1. The molecule has 0 spiro atoms. The van der Waals surface area contributed by atoms with E-state index in [1.54, 1.807) is 10.6 Å². The van der Waals surface area contributed by atoms with E-state index in [4.69, 9.17) is 5.73 Å². The first-order valence-corrected chi connectivity index (χ1v) is 12.8. The van der Waals surface area contributed by atoms with Crippen LogP contribution in [0.3, 0.4) is 0 Å². The Bertz CT molecular complexity index is 1170. The Morgan fingerprint density at radius 1 is 1.14 bits per heavy atom. The SMILES string of the molecule is CC(C)C[C@H](NC(=O)[C@H](C(C)C)n1c(C(N)=O)cc2ccccc21)C(=O)N[C@H](C=O)C[C@@H]1CCNC1=O. The normalized spacial score (nSPS) is 17.9. The van der Waals surface area contributed by atoms with E-state index in [-0.39, 0.29) is 35.8 Å². The molecule has 0 bridgehead atoms. The van der Waals surface area contributed by atoms with Crippen LogP contribution in [0.25, 0.3) is 10.9 Å². The van der Waals surface area contributed by atoms with Gasteiger partial charge in [-0.15, -0.1) is 0 Å². The number of carbonyl (C=O) groups is 5. The van der Waals surface area contributed by atoms with Crippen molar-refractivity contribution in [2.75, 3.05) is 6.54 Å². The highest BCUT2D eigenvalue weighted by Crippen LogP contribution is 2.29. The van der Waals surface area contributed by atoms with Gasteiger partial charge < -0.3 is 31.0 Å². The molecule has 1 aromatic heterocycles. The van der Waals surface area contributed by atoms with Crippen LogP contribution in [0.2, 0.25) is 0 Å². The fourth-order valence-corrected chi connectivity index (χ4v) is 4.95. The van der Waals surface area contributed by atoms with Gasteiger partial charge >= 0.3 is 0 Å². The van der Waals surface area contributed by atoms with Crippen LogP contribution < -0.4 is 21.7 Å². The van der Waals surface area contributed by atoms with Gasteiger partial charge in [0.2, 0.25) is 17.7 Å². The number of fused-ring (bicyclic) bond motifs is 1. The zero-order valence-corrected chi connectivity index (χ0v) is 21.8. The Labute approximate surface area is 216 Å². The van der Waals surface area contributed by atoms with Crippen LogP contribution >= 0.6 is 0 Å². The van der Waals surface area contributed by atoms with E-state index in [0.717, 1.165) is 5.39 Å². The molecule has 2 heterocycles. The third-order valence-electron chi connectivity index (χ3n) is 6.71. The summed E-state index contributed by atoms with van der Waals surface area (Å²) in [6.45, 7) is 8.12. The molecule has 0 unspecified atom stereocenters. The van der Waals surface area contributed by atoms with Crippen molar-refractivity contribution < 1.29 is 24.0 Å². The van der Waals surface area contributed by atoms with Gasteiger partial charge in [-0.3, -0.25) is 19.2 Å². The molecular formula is C27H37N5O5. The second-order valence-electron chi connectivity index (χ2n) is 10.5. The fraction of sp³-hybridized carbons (Fsp3) is 0.519. The number of aldehydes is 1. The summed E-state index contributed by atoms with van der Waals surface area (Å²) < 4.78 is 1.63. The third kappa shape index (κ3) is 6.55. The van der Waals surface area contributed by atoms with E-state index in [1.807, 2.05) is 52.0 Å². The summed E-state index contributed by atoms with van der Waals surface area (Å²) >= 11 is 0. The van der Waals surface area contributed by atoms with Crippen molar-refractivity contribution in [2.45, 2.75) is 65.1 Å². The van der Waals surface area contributed by atoms with Crippen molar-refractivity contribution in [3.63, 3.8) is 0 Å². The fourth-order valence-electron chi connectivity index (χ4n) is 4.95. The summed E-state index contributed by atoms with van der Waals surface area (Å²) in [5.41, 5.74) is 6.55. The molecule has 0 saturated carbocycles. The number of para-hydroxylation sites is 1. The molecule has 1 aromatic carbocycles. The Kier molecular flexibility index (Phi) is 9.07. The molecule has 200 valence electrons. The van der Waals surface area contributed by atoms with E-state index in [1.165, 1.54) is 0 Å². The van der Waals surface area contributed by atoms with Crippen LogP contribution in [0.15, 0.2) is 30.3 Å². The smallest absolute Gasteiger partial charge is 0.265 e. The first-order valence-electron chi connectivity index (χ1n) is 12.8. The largest absolute Gasteiger partial charge is 0.364 e. The molecule has 2 aromatic rings. The second-order valence-corrected chi connectivity index (χ2v) is 10.5. The number of primary amides is 1. The Hall–Kier alpha value is -3.69. The molecular weight excluding hydrogens is 474 g/mol. The molecule has 0 aliphatic carbocycles. The minimum absolute atomic E-state index is 0.0671. The highest BCUT2D eigenvalue weighted by atomic mass is 16.2. The van der Waals surface area contributed by atoms with Crippen molar-refractivity contribution in [1.82, 2.24) is 20.5 Å². The van der Waals surface area contributed by atoms with Gasteiger partial charge in [0.1, 0.15) is 24.1 Å². The van der Waals surface area contributed by atoms with Crippen molar-refractivity contribution in [2.24, 2.45) is 23.5 Å². The van der Waals surface area contributed by atoms with Crippen LogP contribution in [-0.4, -0.2) is 53.1 Å². The van der Waals surface area contributed by atoms with Crippen LogP contribution in [0.5, 0.6) is 0 Å². The predicted molar refractivity (Wildman–Crippen MR) is 139 cm³/mol. The molecule has 10 nitrogen and oxygen atoms in total. The number of hydrogen-bond donors (Lipinski definition) is 4. The summed E-state index contributed by atoms with van der Waals surface area (Å²) in [7, 11) is 0. The highest BCUT2D eigenvalue weighted by molar-refractivity contribution is 5.99. The van der Waals surface area contributed by atoms with Gasteiger partial charge in [0.15, 0.2) is 0 Å². The van der Waals surface area contributed by atoms with E-state index in [0.29, 0.717) is 31.2 Å². The van der Waals surface area contributed by atoms with Crippen molar-refractivity contribution in [1.29, 1.82) is 0 Å². The molecule has 1 saturated heterocycles. The van der Waals surface area contributed by atoms with Crippen molar-refractivity contribution >= 4 is 40.8 Å². The van der Waals surface area contributed by atoms with Crippen molar-refractivity contribution in [3.05, 3.63) is 36.0 Å². The topological polar surface area (TPSA) is 152 Å².